The molecule has 1 fully saturated rings. The van der Waals surface area contributed by atoms with E-state index in [1.807, 2.05) is 0 Å². The van der Waals surface area contributed by atoms with E-state index in [4.69, 9.17) is 4.74 Å². The molecule has 106 valence electrons. The van der Waals surface area contributed by atoms with Crippen LogP contribution in [0.15, 0.2) is 29.2 Å². The molecule has 0 bridgehead atoms. The lowest BCUT2D eigenvalue weighted by Gasteiger charge is -2.29. The van der Waals surface area contributed by atoms with Crippen molar-refractivity contribution in [3.05, 3.63) is 24.3 Å². The van der Waals surface area contributed by atoms with Crippen LogP contribution in [0.3, 0.4) is 0 Å². The summed E-state index contributed by atoms with van der Waals surface area (Å²) >= 11 is 0. The van der Waals surface area contributed by atoms with Crippen molar-refractivity contribution in [3.63, 3.8) is 0 Å². The molecule has 5 heteroatoms. The van der Waals surface area contributed by atoms with Crippen LogP contribution in [0.25, 0.3) is 0 Å². The highest BCUT2D eigenvalue weighted by Crippen LogP contribution is 2.25. The Bertz CT molecular complexity index is 510. The van der Waals surface area contributed by atoms with Crippen molar-refractivity contribution in [1.29, 1.82) is 0 Å². The molecule has 0 amide bonds. The van der Waals surface area contributed by atoms with Crippen LogP contribution < -0.4 is 9.46 Å². The summed E-state index contributed by atoms with van der Waals surface area (Å²) in [5, 5.41) is 0. The second-order valence-electron chi connectivity index (χ2n) is 5.17. The van der Waals surface area contributed by atoms with Crippen molar-refractivity contribution in [3.8, 4) is 5.75 Å². The Morgan fingerprint density at radius 1 is 1.16 bits per heavy atom. The van der Waals surface area contributed by atoms with Gasteiger partial charge in [-0.1, -0.05) is 19.8 Å². The zero-order valence-electron chi connectivity index (χ0n) is 11.4. The van der Waals surface area contributed by atoms with Gasteiger partial charge in [-0.15, -0.1) is 0 Å². The van der Waals surface area contributed by atoms with Crippen LogP contribution in [0.2, 0.25) is 0 Å². The van der Waals surface area contributed by atoms with E-state index in [9.17, 15) is 8.42 Å². The maximum absolute atomic E-state index is 12.3. The number of rotatable bonds is 4. The van der Waals surface area contributed by atoms with Gasteiger partial charge in [0.25, 0.3) is 0 Å². The minimum absolute atomic E-state index is 0.0563. The topological polar surface area (TPSA) is 55.4 Å². The molecule has 0 aliphatic heterocycles. The molecule has 0 spiro atoms. The molecule has 2 rings (SSSR count). The summed E-state index contributed by atoms with van der Waals surface area (Å²) in [6, 6.07) is 6.54. The van der Waals surface area contributed by atoms with Gasteiger partial charge in [0.15, 0.2) is 0 Å². The van der Waals surface area contributed by atoms with Gasteiger partial charge in [0, 0.05) is 6.04 Å². The fraction of sp³-hybridized carbons (Fsp3) is 0.571. The Hall–Kier alpha value is -1.07. The first kappa shape index (κ1) is 14.3. The van der Waals surface area contributed by atoms with Crippen LogP contribution in [-0.2, 0) is 10.0 Å². The van der Waals surface area contributed by atoms with Crippen molar-refractivity contribution >= 4 is 10.0 Å². The second-order valence-corrected chi connectivity index (χ2v) is 6.88. The van der Waals surface area contributed by atoms with Gasteiger partial charge in [0.1, 0.15) is 5.75 Å². The number of nitrogens with one attached hydrogen (secondary N) is 1. The molecule has 1 N–H and O–H groups in total. The standard InChI is InChI=1S/C14H21NO3S/c1-11-5-3-4-6-14(11)15-19(16,17)13-9-7-12(18-2)8-10-13/h7-11,14-15H,3-6H2,1-2H3/t11-,14-/m0/s1. The SMILES string of the molecule is COc1ccc(S(=O)(=O)N[C@H]2CCCC[C@@H]2C)cc1. The number of benzene rings is 1. The molecule has 1 aromatic carbocycles. The van der Waals surface area contributed by atoms with Crippen molar-refractivity contribution in [2.45, 2.75) is 43.5 Å². The van der Waals surface area contributed by atoms with Crippen molar-refractivity contribution < 1.29 is 13.2 Å². The lowest BCUT2D eigenvalue weighted by molar-refractivity contribution is 0.310. The Balaban J connectivity index is 2.12. The third kappa shape index (κ3) is 3.48. The summed E-state index contributed by atoms with van der Waals surface area (Å²) in [5.74, 6) is 1.06. The van der Waals surface area contributed by atoms with E-state index in [0.29, 0.717) is 16.6 Å². The maximum atomic E-state index is 12.3. The van der Waals surface area contributed by atoms with Gasteiger partial charge < -0.3 is 4.74 Å². The van der Waals surface area contributed by atoms with E-state index in [2.05, 4.69) is 11.6 Å². The highest BCUT2D eigenvalue weighted by molar-refractivity contribution is 7.89. The molecule has 2 atom stereocenters. The number of methoxy groups -OCH3 is 1. The van der Waals surface area contributed by atoms with Crippen LogP contribution in [0.1, 0.15) is 32.6 Å². The summed E-state index contributed by atoms with van der Waals surface area (Å²) in [7, 11) is -1.86. The normalized spacial score (nSPS) is 24.1. The van der Waals surface area contributed by atoms with Crippen LogP contribution in [0, 0.1) is 5.92 Å². The summed E-state index contributed by atoms with van der Waals surface area (Å²) in [5.41, 5.74) is 0. The summed E-state index contributed by atoms with van der Waals surface area (Å²) in [6.07, 6.45) is 4.31. The fourth-order valence-electron chi connectivity index (χ4n) is 2.51. The van der Waals surface area contributed by atoms with Crippen molar-refractivity contribution in [2.75, 3.05) is 7.11 Å². The van der Waals surface area contributed by atoms with Gasteiger partial charge in [-0.3, -0.25) is 0 Å². The van der Waals surface area contributed by atoms with Crippen LogP contribution >= 0.6 is 0 Å². The molecule has 19 heavy (non-hydrogen) atoms. The first-order valence-corrected chi connectivity index (χ1v) is 8.17. The van der Waals surface area contributed by atoms with Gasteiger partial charge in [0.05, 0.1) is 12.0 Å². The van der Waals surface area contributed by atoms with Crippen LogP contribution in [0.5, 0.6) is 5.75 Å². The lowest BCUT2D eigenvalue weighted by atomic mass is 9.87. The third-order valence-corrected chi connectivity index (χ3v) is 5.29. The molecule has 1 saturated carbocycles. The van der Waals surface area contributed by atoms with Gasteiger partial charge in [-0.25, -0.2) is 13.1 Å². The Kier molecular flexibility index (Phi) is 4.47. The third-order valence-electron chi connectivity index (χ3n) is 3.79. The number of sulfonamides is 1. The van der Waals surface area contributed by atoms with E-state index in [0.717, 1.165) is 19.3 Å². The molecule has 0 aromatic heterocycles. The van der Waals surface area contributed by atoms with Gasteiger partial charge in [-0.2, -0.15) is 0 Å². The lowest BCUT2D eigenvalue weighted by Crippen LogP contribution is -2.40. The minimum atomic E-state index is -3.42. The molecular formula is C14H21NO3S. The molecule has 0 radical (unpaired) electrons. The molecule has 0 heterocycles. The van der Waals surface area contributed by atoms with Gasteiger partial charge in [-0.05, 0) is 43.0 Å². The van der Waals surface area contributed by atoms with Gasteiger partial charge >= 0.3 is 0 Å². The summed E-state index contributed by atoms with van der Waals surface area (Å²) in [4.78, 5) is 0.297. The molecular weight excluding hydrogens is 262 g/mol. The molecule has 4 nitrogen and oxygen atoms in total. The highest BCUT2D eigenvalue weighted by atomic mass is 32.2. The average molecular weight is 283 g/mol. The van der Waals surface area contributed by atoms with Gasteiger partial charge in [0.2, 0.25) is 10.0 Å². The number of hydrogen-bond acceptors (Lipinski definition) is 3. The first-order valence-electron chi connectivity index (χ1n) is 6.69. The molecule has 0 unspecified atom stereocenters. The smallest absolute Gasteiger partial charge is 0.240 e. The molecule has 1 aliphatic carbocycles. The quantitative estimate of drug-likeness (QED) is 0.924. The number of ether oxygens (including phenoxy) is 1. The Morgan fingerprint density at radius 2 is 1.79 bits per heavy atom. The molecule has 1 aliphatic rings. The van der Waals surface area contributed by atoms with Crippen molar-refractivity contribution in [1.82, 2.24) is 4.72 Å². The highest BCUT2D eigenvalue weighted by Gasteiger charge is 2.26. The van der Waals surface area contributed by atoms with E-state index >= 15 is 0 Å². The zero-order chi connectivity index (χ0) is 13.9. The van der Waals surface area contributed by atoms with Crippen LogP contribution in [0.4, 0.5) is 0 Å². The summed E-state index contributed by atoms with van der Waals surface area (Å²) in [6.45, 7) is 2.11. The summed E-state index contributed by atoms with van der Waals surface area (Å²) < 4.78 is 32.5. The van der Waals surface area contributed by atoms with E-state index in [1.165, 1.54) is 6.42 Å². The molecule has 1 aromatic rings. The van der Waals surface area contributed by atoms with E-state index < -0.39 is 10.0 Å². The first-order chi connectivity index (χ1) is 9.03. The Morgan fingerprint density at radius 3 is 2.37 bits per heavy atom. The predicted molar refractivity (Wildman–Crippen MR) is 74.7 cm³/mol. The largest absolute Gasteiger partial charge is 0.497 e. The fourth-order valence-corrected chi connectivity index (χ4v) is 3.89. The predicted octanol–water partition coefficient (Wildman–Crippen LogP) is 2.55. The maximum Gasteiger partial charge on any atom is 0.240 e. The Labute approximate surface area is 115 Å². The van der Waals surface area contributed by atoms with Crippen LogP contribution in [-0.4, -0.2) is 21.6 Å². The van der Waals surface area contributed by atoms with Crippen molar-refractivity contribution in [2.24, 2.45) is 5.92 Å². The van der Waals surface area contributed by atoms with E-state index in [1.54, 1.807) is 31.4 Å². The number of hydrogen-bond donors (Lipinski definition) is 1. The average Bonchev–Trinajstić information content (AvgIpc) is 2.41. The second kappa shape index (κ2) is 5.92. The van der Waals surface area contributed by atoms with E-state index in [-0.39, 0.29) is 6.04 Å². The minimum Gasteiger partial charge on any atom is -0.497 e. The monoisotopic (exact) mass is 283 g/mol. The zero-order valence-corrected chi connectivity index (χ0v) is 12.2. The molecule has 0 saturated heterocycles.